The Morgan fingerprint density at radius 3 is 2.23 bits per heavy atom. The number of aromatic nitrogens is 2. The lowest BCUT2D eigenvalue weighted by atomic mass is 10.0. The normalized spacial score (nSPS) is 20.1. The first kappa shape index (κ1) is 30.0. The average Bonchev–Trinajstić information content (AvgIpc) is 3.58. The van der Waals surface area contributed by atoms with Crippen molar-refractivity contribution in [1.29, 1.82) is 0 Å². The number of carbonyl (C=O) groups is 2. The first-order valence-corrected chi connectivity index (χ1v) is 13.6. The van der Waals surface area contributed by atoms with Gasteiger partial charge in [-0.25, -0.2) is 9.97 Å². The number of fused-ring (bicyclic) bond motifs is 2. The number of anilines is 1. The molecule has 0 saturated carbocycles. The fourth-order valence-electron chi connectivity index (χ4n) is 5.03. The molecule has 0 aliphatic carbocycles. The van der Waals surface area contributed by atoms with E-state index in [1.807, 2.05) is 5.32 Å². The second-order valence-corrected chi connectivity index (χ2v) is 11.6. The molecule has 2 aromatic heterocycles. The van der Waals surface area contributed by atoms with Crippen LogP contribution in [0.3, 0.4) is 0 Å². The summed E-state index contributed by atoms with van der Waals surface area (Å²) < 4.78 is 82.5. The summed E-state index contributed by atoms with van der Waals surface area (Å²) in [5.74, 6) is -2.05. The van der Waals surface area contributed by atoms with E-state index in [1.165, 1.54) is 20.8 Å². The summed E-state index contributed by atoms with van der Waals surface area (Å²) >= 11 is 0.547. The number of nitrogens with zero attached hydrogens (tertiary/aromatic N) is 3. The van der Waals surface area contributed by atoms with Gasteiger partial charge in [-0.05, 0) is 52.0 Å². The molecule has 0 radical (unpaired) electrons. The molecule has 2 amide bonds. The molecule has 1 atom stereocenters. The highest BCUT2D eigenvalue weighted by molar-refractivity contribution is 7.17. The predicted molar refractivity (Wildman–Crippen MR) is 135 cm³/mol. The predicted octanol–water partition coefficient (Wildman–Crippen LogP) is 5.24. The standard InChI is InChI=1S/C25H29F6N5O3S/c1-4-16(25(29,30)31)34-17-9-15(24(26,27)28)14(10-32-17)19-18(22(38)36-12-5-6-13(36)8-7-12)35-21(40-19)20(37)33-11-23(2,3)39/h9-10,12-13,16,39H,4-8,11H2,1-3H3,(H,32,34)(H,33,37). The molecule has 3 N–H and O–H groups in total. The van der Waals surface area contributed by atoms with Gasteiger partial charge in [-0.1, -0.05) is 6.92 Å². The summed E-state index contributed by atoms with van der Waals surface area (Å²) in [5.41, 5.74) is -3.54. The van der Waals surface area contributed by atoms with Crippen LogP contribution in [0, 0.1) is 0 Å². The van der Waals surface area contributed by atoms with Gasteiger partial charge in [-0.2, -0.15) is 26.3 Å². The van der Waals surface area contributed by atoms with Crippen molar-refractivity contribution in [2.45, 2.75) is 89.0 Å². The monoisotopic (exact) mass is 593 g/mol. The Bertz CT molecular complexity index is 1250. The van der Waals surface area contributed by atoms with E-state index in [-0.39, 0.29) is 34.2 Å². The fraction of sp³-hybridized carbons (Fsp3) is 0.600. The number of rotatable bonds is 8. The summed E-state index contributed by atoms with van der Waals surface area (Å²) in [4.78, 5) is 35.7. The second kappa shape index (κ2) is 10.8. The Morgan fingerprint density at radius 2 is 1.73 bits per heavy atom. The zero-order chi connectivity index (χ0) is 29.6. The number of aliphatic hydroxyl groups is 1. The average molecular weight is 594 g/mol. The molecule has 40 heavy (non-hydrogen) atoms. The molecule has 220 valence electrons. The number of hydrogen-bond acceptors (Lipinski definition) is 7. The third-order valence-electron chi connectivity index (χ3n) is 6.97. The Kier molecular flexibility index (Phi) is 8.11. The van der Waals surface area contributed by atoms with Crippen molar-refractivity contribution in [2.24, 2.45) is 0 Å². The third-order valence-corrected chi connectivity index (χ3v) is 8.06. The number of halogens is 6. The van der Waals surface area contributed by atoms with Crippen LogP contribution >= 0.6 is 11.3 Å². The molecule has 4 rings (SSSR count). The highest BCUT2D eigenvalue weighted by Gasteiger charge is 2.45. The van der Waals surface area contributed by atoms with Gasteiger partial charge in [0.1, 0.15) is 17.6 Å². The van der Waals surface area contributed by atoms with Crippen molar-refractivity contribution < 1.29 is 41.0 Å². The fourth-order valence-corrected chi connectivity index (χ4v) is 6.02. The molecule has 2 aliphatic heterocycles. The minimum Gasteiger partial charge on any atom is -0.389 e. The van der Waals surface area contributed by atoms with E-state index in [0.29, 0.717) is 17.4 Å². The van der Waals surface area contributed by atoms with Gasteiger partial charge in [0.05, 0.1) is 16.0 Å². The summed E-state index contributed by atoms with van der Waals surface area (Å²) in [6, 6.07) is -1.82. The lowest BCUT2D eigenvalue weighted by Gasteiger charge is -2.23. The van der Waals surface area contributed by atoms with E-state index in [0.717, 1.165) is 31.9 Å². The molecule has 2 fully saturated rings. The van der Waals surface area contributed by atoms with E-state index >= 15 is 0 Å². The summed E-state index contributed by atoms with van der Waals surface area (Å²) in [6.45, 7) is 3.93. The van der Waals surface area contributed by atoms with Crippen LogP contribution < -0.4 is 10.6 Å². The molecular formula is C25H29F6N5O3S. The van der Waals surface area contributed by atoms with Crippen LogP contribution in [0.1, 0.15) is 78.7 Å². The summed E-state index contributed by atoms with van der Waals surface area (Å²) in [5, 5.41) is 14.1. The Labute approximate surface area is 230 Å². The van der Waals surface area contributed by atoms with E-state index in [2.05, 4.69) is 15.3 Å². The number of carbonyl (C=O) groups excluding carboxylic acids is 2. The molecule has 4 heterocycles. The van der Waals surface area contributed by atoms with Gasteiger partial charge in [0, 0.05) is 30.4 Å². The minimum atomic E-state index is -5.03. The largest absolute Gasteiger partial charge is 0.417 e. The molecule has 2 saturated heterocycles. The Morgan fingerprint density at radius 1 is 1.12 bits per heavy atom. The summed E-state index contributed by atoms with van der Waals surface area (Å²) in [7, 11) is 0. The quantitative estimate of drug-likeness (QED) is 0.362. The van der Waals surface area contributed by atoms with Crippen molar-refractivity contribution in [3.8, 4) is 10.4 Å². The minimum absolute atomic E-state index is 0.0837. The van der Waals surface area contributed by atoms with Crippen molar-refractivity contribution >= 4 is 29.0 Å². The van der Waals surface area contributed by atoms with Crippen molar-refractivity contribution in [2.75, 3.05) is 11.9 Å². The number of nitrogens with one attached hydrogen (secondary N) is 2. The maximum absolute atomic E-state index is 14.3. The van der Waals surface area contributed by atoms with Gasteiger partial charge < -0.3 is 20.6 Å². The Balaban J connectivity index is 1.79. The van der Waals surface area contributed by atoms with Crippen LogP contribution in [-0.2, 0) is 6.18 Å². The van der Waals surface area contributed by atoms with Crippen LogP contribution in [0.4, 0.5) is 32.2 Å². The highest BCUT2D eigenvalue weighted by atomic mass is 32.1. The summed E-state index contributed by atoms with van der Waals surface area (Å²) in [6.07, 6.45) is -6.44. The van der Waals surface area contributed by atoms with Gasteiger partial charge in [-0.3, -0.25) is 9.59 Å². The van der Waals surface area contributed by atoms with Gasteiger partial charge >= 0.3 is 12.4 Å². The molecule has 8 nitrogen and oxygen atoms in total. The number of hydrogen-bond donors (Lipinski definition) is 3. The smallest absolute Gasteiger partial charge is 0.389 e. The number of amides is 2. The van der Waals surface area contributed by atoms with Crippen LogP contribution in [0.15, 0.2) is 12.3 Å². The number of thiazole rings is 1. The topological polar surface area (TPSA) is 107 Å². The third kappa shape index (κ3) is 6.35. The first-order chi connectivity index (χ1) is 18.5. The molecular weight excluding hydrogens is 564 g/mol. The van der Waals surface area contributed by atoms with E-state index in [1.54, 1.807) is 4.90 Å². The van der Waals surface area contributed by atoms with Gasteiger partial charge in [0.25, 0.3) is 11.8 Å². The van der Waals surface area contributed by atoms with Crippen LogP contribution in [-0.4, -0.2) is 68.2 Å². The van der Waals surface area contributed by atoms with Crippen molar-refractivity contribution in [3.63, 3.8) is 0 Å². The molecule has 2 bridgehead atoms. The van der Waals surface area contributed by atoms with Gasteiger partial charge in [0.2, 0.25) is 0 Å². The SMILES string of the molecule is CCC(Nc1cc(C(F)(F)F)c(-c2sc(C(=O)NCC(C)(C)O)nc2C(=O)N2C3CCC2CC3)cn1)C(F)(F)F. The van der Waals surface area contributed by atoms with E-state index < -0.39 is 59.2 Å². The highest BCUT2D eigenvalue weighted by Crippen LogP contribution is 2.44. The zero-order valence-corrected chi connectivity index (χ0v) is 22.7. The maximum atomic E-state index is 14.3. The van der Waals surface area contributed by atoms with Crippen LogP contribution in [0.2, 0.25) is 0 Å². The molecule has 15 heteroatoms. The lowest BCUT2D eigenvalue weighted by molar-refractivity contribution is -0.142. The van der Waals surface area contributed by atoms with Gasteiger partial charge in [0.15, 0.2) is 5.01 Å². The van der Waals surface area contributed by atoms with Gasteiger partial charge in [-0.15, -0.1) is 11.3 Å². The second-order valence-electron chi connectivity index (χ2n) is 10.6. The van der Waals surface area contributed by atoms with Crippen LogP contribution in [0.25, 0.3) is 10.4 Å². The first-order valence-electron chi connectivity index (χ1n) is 12.7. The lowest BCUT2D eigenvalue weighted by Crippen LogP contribution is -2.38. The number of alkyl halides is 6. The van der Waals surface area contributed by atoms with Crippen molar-refractivity contribution in [1.82, 2.24) is 20.2 Å². The van der Waals surface area contributed by atoms with Crippen molar-refractivity contribution in [3.05, 3.63) is 28.5 Å². The van der Waals surface area contributed by atoms with E-state index in [4.69, 9.17) is 0 Å². The van der Waals surface area contributed by atoms with E-state index in [9.17, 15) is 41.0 Å². The molecule has 0 aromatic carbocycles. The van der Waals surface area contributed by atoms with Crippen LogP contribution in [0.5, 0.6) is 0 Å². The molecule has 2 aliphatic rings. The maximum Gasteiger partial charge on any atom is 0.417 e. The Hall–Kier alpha value is -2.94. The molecule has 1 unspecified atom stereocenters. The zero-order valence-electron chi connectivity index (χ0n) is 21.9. The molecule has 0 spiro atoms. The number of pyridine rings is 1. The molecule has 2 aromatic rings.